The van der Waals surface area contributed by atoms with E-state index in [2.05, 4.69) is 10.6 Å². The maximum atomic E-state index is 11.8. The molecule has 19 heavy (non-hydrogen) atoms. The Morgan fingerprint density at radius 2 is 2.11 bits per heavy atom. The SMILES string of the molecule is O=C(CSCC1CNC1)NC(=O)c1ccccc1Cl. The molecule has 1 heterocycles. The van der Waals surface area contributed by atoms with Crippen LogP contribution in [-0.2, 0) is 4.79 Å². The molecule has 4 nitrogen and oxygen atoms in total. The molecule has 1 saturated heterocycles. The van der Waals surface area contributed by atoms with E-state index in [4.69, 9.17) is 11.6 Å². The predicted molar refractivity (Wildman–Crippen MR) is 77.6 cm³/mol. The molecule has 1 aromatic carbocycles. The highest BCUT2D eigenvalue weighted by Gasteiger charge is 2.17. The normalized spacial score (nSPS) is 14.8. The molecule has 0 aliphatic carbocycles. The van der Waals surface area contributed by atoms with E-state index >= 15 is 0 Å². The molecular formula is C13H15ClN2O2S. The number of carbonyl (C=O) groups excluding carboxylic acids is 2. The molecule has 0 radical (unpaired) electrons. The van der Waals surface area contributed by atoms with Crippen molar-refractivity contribution in [3.63, 3.8) is 0 Å². The smallest absolute Gasteiger partial charge is 0.259 e. The molecule has 1 aliphatic heterocycles. The first-order valence-corrected chi connectivity index (χ1v) is 7.57. The summed E-state index contributed by atoms with van der Waals surface area (Å²) in [6.45, 7) is 2.04. The van der Waals surface area contributed by atoms with E-state index < -0.39 is 5.91 Å². The van der Waals surface area contributed by atoms with E-state index in [1.165, 1.54) is 0 Å². The molecule has 2 N–H and O–H groups in total. The van der Waals surface area contributed by atoms with Gasteiger partial charge in [0.1, 0.15) is 0 Å². The Balaban J connectivity index is 1.75. The highest BCUT2D eigenvalue weighted by molar-refractivity contribution is 7.99. The number of nitrogens with one attached hydrogen (secondary N) is 2. The predicted octanol–water partition coefficient (Wildman–Crippen LogP) is 1.55. The first-order valence-electron chi connectivity index (χ1n) is 6.04. The van der Waals surface area contributed by atoms with Crippen LogP contribution < -0.4 is 10.6 Å². The Hall–Kier alpha value is -1.04. The van der Waals surface area contributed by atoms with Crippen LogP contribution in [0.4, 0.5) is 0 Å². The van der Waals surface area contributed by atoms with Crippen molar-refractivity contribution in [2.24, 2.45) is 5.92 Å². The lowest BCUT2D eigenvalue weighted by Gasteiger charge is -2.26. The van der Waals surface area contributed by atoms with Gasteiger partial charge in [0.05, 0.1) is 16.3 Å². The van der Waals surface area contributed by atoms with Crippen molar-refractivity contribution in [3.05, 3.63) is 34.9 Å². The van der Waals surface area contributed by atoms with Gasteiger partial charge in [-0.1, -0.05) is 23.7 Å². The number of imide groups is 1. The van der Waals surface area contributed by atoms with Crippen LogP contribution in [0.5, 0.6) is 0 Å². The molecule has 0 unspecified atom stereocenters. The quantitative estimate of drug-likeness (QED) is 0.866. The van der Waals surface area contributed by atoms with Crippen LogP contribution in [0.15, 0.2) is 24.3 Å². The number of carbonyl (C=O) groups is 2. The lowest BCUT2D eigenvalue weighted by Crippen LogP contribution is -2.43. The maximum Gasteiger partial charge on any atom is 0.259 e. The summed E-state index contributed by atoms with van der Waals surface area (Å²) >= 11 is 7.44. The highest BCUT2D eigenvalue weighted by atomic mass is 35.5. The summed E-state index contributed by atoms with van der Waals surface area (Å²) in [5.74, 6) is 1.17. The fraction of sp³-hybridized carbons (Fsp3) is 0.385. The third-order valence-electron chi connectivity index (χ3n) is 2.82. The lowest BCUT2D eigenvalue weighted by molar-refractivity contribution is -0.117. The van der Waals surface area contributed by atoms with E-state index in [9.17, 15) is 9.59 Å². The number of benzene rings is 1. The van der Waals surface area contributed by atoms with E-state index in [-0.39, 0.29) is 5.91 Å². The molecule has 102 valence electrons. The zero-order valence-electron chi connectivity index (χ0n) is 10.3. The minimum atomic E-state index is -0.443. The van der Waals surface area contributed by atoms with E-state index in [0.29, 0.717) is 22.3 Å². The van der Waals surface area contributed by atoms with Crippen LogP contribution in [0.25, 0.3) is 0 Å². The summed E-state index contributed by atoms with van der Waals surface area (Å²) in [6, 6.07) is 6.67. The average molecular weight is 299 g/mol. The molecule has 2 amide bonds. The van der Waals surface area contributed by atoms with Crippen LogP contribution in [0, 0.1) is 5.92 Å². The van der Waals surface area contributed by atoms with Crippen molar-refractivity contribution in [1.29, 1.82) is 0 Å². The second kappa shape index (κ2) is 6.93. The molecule has 6 heteroatoms. The zero-order valence-corrected chi connectivity index (χ0v) is 11.9. The van der Waals surface area contributed by atoms with Gasteiger partial charge in [0.2, 0.25) is 5.91 Å². The van der Waals surface area contributed by atoms with Crippen molar-refractivity contribution >= 4 is 35.2 Å². The summed E-state index contributed by atoms with van der Waals surface area (Å²) < 4.78 is 0. The minimum absolute atomic E-state index is 0.276. The fourth-order valence-electron chi connectivity index (χ4n) is 1.66. The Bertz CT molecular complexity index is 477. The zero-order chi connectivity index (χ0) is 13.7. The molecule has 0 bridgehead atoms. The van der Waals surface area contributed by atoms with Gasteiger partial charge in [-0.2, -0.15) is 11.8 Å². The van der Waals surface area contributed by atoms with Gasteiger partial charge in [-0.3, -0.25) is 14.9 Å². The molecule has 1 fully saturated rings. The molecule has 0 spiro atoms. The third-order valence-corrected chi connectivity index (χ3v) is 4.33. The van der Waals surface area contributed by atoms with Gasteiger partial charge in [-0.25, -0.2) is 0 Å². The summed E-state index contributed by atoms with van der Waals surface area (Å²) in [6.07, 6.45) is 0. The lowest BCUT2D eigenvalue weighted by atomic mass is 10.1. The van der Waals surface area contributed by atoms with Crippen molar-refractivity contribution in [1.82, 2.24) is 10.6 Å². The van der Waals surface area contributed by atoms with E-state index in [0.717, 1.165) is 18.8 Å². The van der Waals surface area contributed by atoms with Crippen LogP contribution in [0.3, 0.4) is 0 Å². The van der Waals surface area contributed by atoms with Gasteiger partial charge >= 0.3 is 0 Å². The molecule has 1 aliphatic rings. The maximum absolute atomic E-state index is 11.8. The van der Waals surface area contributed by atoms with Gasteiger partial charge in [-0.05, 0) is 36.9 Å². The van der Waals surface area contributed by atoms with Crippen molar-refractivity contribution in [3.8, 4) is 0 Å². The van der Waals surface area contributed by atoms with Crippen molar-refractivity contribution in [2.45, 2.75) is 0 Å². The number of hydrogen-bond acceptors (Lipinski definition) is 4. The molecule has 2 rings (SSSR count). The summed E-state index contributed by atoms with van der Waals surface area (Å²) in [5, 5.41) is 5.87. The van der Waals surface area contributed by atoms with Crippen molar-refractivity contribution < 1.29 is 9.59 Å². The van der Waals surface area contributed by atoms with Gasteiger partial charge in [0.15, 0.2) is 0 Å². The third kappa shape index (κ3) is 4.23. The van der Waals surface area contributed by atoms with Crippen LogP contribution in [0.2, 0.25) is 5.02 Å². The average Bonchev–Trinajstić information content (AvgIpc) is 2.32. The van der Waals surface area contributed by atoms with E-state index in [1.54, 1.807) is 36.0 Å². The molecule has 0 atom stereocenters. The standard InChI is InChI=1S/C13H15ClN2O2S/c14-11-4-2-1-3-10(11)13(18)16-12(17)8-19-7-9-5-15-6-9/h1-4,9,15H,5-8H2,(H,16,17,18). The second-order valence-corrected chi connectivity index (χ2v) is 5.83. The Labute approximate surface area is 121 Å². The fourth-order valence-corrected chi connectivity index (χ4v) is 2.83. The molecule has 0 aromatic heterocycles. The van der Waals surface area contributed by atoms with Crippen LogP contribution in [-0.4, -0.2) is 36.4 Å². The van der Waals surface area contributed by atoms with E-state index in [1.807, 2.05) is 0 Å². The molecule has 0 saturated carbocycles. The summed E-state index contributed by atoms with van der Waals surface area (Å²) in [5.41, 5.74) is 0.325. The molecular weight excluding hydrogens is 284 g/mol. The van der Waals surface area contributed by atoms with Gasteiger partial charge in [0.25, 0.3) is 5.91 Å². The van der Waals surface area contributed by atoms with Crippen LogP contribution in [0.1, 0.15) is 10.4 Å². The largest absolute Gasteiger partial charge is 0.316 e. The minimum Gasteiger partial charge on any atom is -0.316 e. The second-order valence-electron chi connectivity index (χ2n) is 4.40. The number of halogens is 1. The van der Waals surface area contributed by atoms with Crippen molar-refractivity contribution in [2.75, 3.05) is 24.6 Å². The Kier molecular flexibility index (Phi) is 5.24. The first kappa shape index (κ1) is 14.4. The molecule has 1 aromatic rings. The number of thioether (sulfide) groups is 1. The highest BCUT2D eigenvalue weighted by Crippen LogP contribution is 2.15. The van der Waals surface area contributed by atoms with Gasteiger partial charge in [-0.15, -0.1) is 0 Å². The Morgan fingerprint density at radius 1 is 1.37 bits per heavy atom. The van der Waals surface area contributed by atoms with Gasteiger partial charge in [0, 0.05) is 0 Å². The monoisotopic (exact) mass is 298 g/mol. The number of amides is 2. The number of rotatable bonds is 5. The van der Waals surface area contributed by atoms with Gasteiger partial charge < -0.3 is 5.32 Å². The first-order chi connectivity index (χ1) is 9.16. The summed E-state index contributed by atoms with van der Waals surface area (Å²) in [7, 11) is 0. The topological polar surface area (TPSA) is 58.2 Å². The summed E-state index contributed by atoms with van der Waals surface area (Å²) in [4.78, 5) is 23.4. The Morgan fingerprint density at radius 3 is 2.74 bits per heavy atom. The van der Waals surface area contributed by atoms with Crippen LogP contribution >= 0.6 is 23.4 Å². The number of hydrogen-bond donors (Lipinski definition) is 2.